The molecule has 0 saturated carbocycles. The second-order valence-electron chi connectivity index (χ2n) is 8.70. The molecule has 5 rings (SSSR count). The van der Waals surface area contributed by atoms with Gasteiger partial charge in [-0.15, -0.1) is 0 Å². The first-order valence-electron chi connectivity index (χ1n) is 12.1. The molecule has 0 fully saturated rings. The van der Waals surface area contributed by atoms with Crippen molar-refractivity contribution in [3.63, 3.8) is 0 Å². The maximum absolute atomic E-state index is 13.7. The Morgan fingerprint density at radius 1 is 1.23 bits per heavy atom. The van der Waals surface area contributed by atoms with Gasteiger partial charge in [-0.05, 0) is 55.8 Å². The second-order valence-corrected chi connectivity index (χ2v) is 10.1. The van der Waals surface area contributed by atoms with Crippen molar-refractivity contribution in [2.45, 2.75) is 19.9 Å². The van der Waals surface area contributed by atoms with E-state index in [2.05, 4.69) is 4.99 Å². The maximum Gasteiger partial charge on any atom is 0.338 e. The third-order valence-corrected chi connectivity index (χ3v) is 7.58. The number of hydrogen-bond donors (Lipinski definition) is 0. The van der Waals surface area contributed by atoms with E-state index in [-0.39, 0.29) is 28.4 Å². The number of nitro groups is 1. The molecule has 0 radical (unpaired) electrons. The van der Waals surface area contributed by atoms with Crippen molar-refractivity contribution >= 4 is 40.7 Å². The number of esters is 1. The Balaban J connectivity index is 1.61. The first-order chi connectivity index (χ1) is 19.2. The molecule has 0 aliphatic carbocycles. The van der Waals surface area contributed by atoms with E-state index < -0.39 is 16.9 Å². The molecular formula is C28H22ClN3O7S. The molecule has 1 aliphatic heterocycles. The number of carbonyl (C=O) groups is 1. The number of fused-ring (bicyclic) bond motifs is 1. The Labute approximate surface area is 236 Å². The number of benzene rings is 2. The molecule has 1 atom stereocenters. The number of halogens is 1. The molecule has 0 bridgehead atoms. The van der Waals surface area contributed by atoms with Crippen molar-refractivity contribution in [1.29, 1.82) is 0 Å². The van der Waals surface area contributed by atoms with Crippen molar-refractivity contribution in [3.8, 4) is 17.1 Å². The Hall–Kier alpha value is -4.48. The minimum absolute atomic E-state index is 0.0190. The van der Waals surface area contributed by atoms with E-state index in [1.54, 1.807) is 69.5 Å². The fourth-order valence-corrected chi connectivity index (χ4v) is 5.63. The van der Waals surface area contributed by atoms with Gasteiger partial charge in [-0.25, -0.2) is 9.79 Å². The molecule has 12 heteroatoms. The fraction of sp³-hybridized carbons (Fsp3) is 0.179. The summed E-state index contributed by atoms with van der Waals surface area (Å²) < 4.78 is 18.3. The van der Waals surface area contributed by atoms with Crippen LogP contribution >= 0.6 is 22.9 Å². The van der Waals surface area contributed by atoms with Gasteiger partial charge in [0.15, 0.2) is 4.80 Å². The number of rotatable bonds is 7. The lowest BCUT2D eigenvalue weighted by Gasteiger charge is -2.24. The Morgan fingerprint density at radius 2 is 1.98 bits per heavy atom. The highest BCUT2D eigenvalue weighted by molar-refractivity contribution is 7.07. The van der Waals surface area contributed by atoms with Crippen molar-refractivity contribution in [3.05, 3.63) is 112 Å². The van der Waals surface area contributed by atoms with Gasteiger partial charge in [-0.3, -0.25) is 19.5 Å². The van der Waals surface area contributed by atoms with Crippen LogP contribution < -0.4 is 19.6 Å². The summed E-state index contributed by atoms with van der Waals surface area (Å²) >= 11 is 7.08. The summed E-state index contributed by atoms with van der Waals surface area (Å²) in [4.78, 5) is 42.4. The van der Waals surface area contributed by atoms with Gasteiger partial charge in [0.25, 0.3) is 11.2 Å². The van der Waals surface area contributed by atoms with E-state index in [1.807, 2.05) is 0 Å². The predicted molar refractivity (Wildman–Crippen MR) is 149 cm³/mol. The highest BCUT2D eigenvalue weighted by Gasteiger charge is 2.33. The average molecular weight is 580 g/mol. The molecule has 3 heterocycles. The zero-order chi connectivity index (χ0) is 28.6. The van der Waals surface area contributed by atoms with Gasteiger partial charge in [-0.1, -0.05) is 35.1 Å². The average Bonchev–Trinajstić information content (AvgIpc) is 3.52. The molecule has 2 aromatic heterocycles. The van der Waals surface area contributed by atoms with Crippen molar-refractivity contribution in [1.82, 2.24) is 4.57 Å². The summed E-state index contributed by atoms with van der Waals surface area (Å²) in [5.41, 5.74) is 1.28. The Morgan fingerprint density at radius 3 is 2.65 bits per heavy atom. The Kier molecular flexibility index (Phi) is 7.42. The standard InChI is InChI=1S/C28H22ClN3O7S/c1-4-38-27(34)24-15(2)30-28-31(25(24)16-5-8-18(37-3)9-6-16)26(33)23(40-28)14-19-10-12-22(39-19)17-7-11-20(29)21(13-17)32(35)36/h5-14,25H,4H2,1-3H3/b23-14-/t25-/m1/s1. The van der Waals surface area contributed by atoms with Gasteiger partial charge < -0.3 is 13.9 Å². The zero-order valence-electron chi connectivity index (χ0n) is 21.5. The van der Waals surface area contributed by atoms with E-state index in [1.165, 1.54) is 16.7 Å². The number of ether oxygens (including phenoxy) is 2. The summed E-state index contributed by atoms with van der Waals surface area (Å²) in [7, 11) is 1.56. The highest BCUT2D eigenvalue weighted by Crippen LogP contribution is 2.33. The van der Waals surface area contributed by atoms with Gasteiger partial charge in [0.2, 0.25) is 0 Å². The number of aromatic nitrogens is 1. The van der Waals surface area contributed by atoms with Crippen LogP contribution in [0.4, 0.5) is 5.69 Å². The molecule has 0 spiro atoms. The molecular weight excluding hydrogens is 558 g/mol. The van der Waals surface area contributed by atoms with Crippen LogP contribution in [0.25, 0.3) is 17.4 Å². The number of carbonyl (C=O) groups excluding carboxylic acids is 1. The molecule has 0 saturated heterocycles. The minimum atomic E-state index is -0.759. The van der Waals surface area contributed by atoms with Crippen LogP contribution in [-0.2, 0) is 9.53 Å². The summed E-state index contributed by atoms with van der Waals surface area (Å²) in [6, 6.07) is 14.0. The topological polar surface area (TPSA) is 126 Å². The van der Waals surface area contributed by atoms with Crippen LogP contribution in [0.15, 0.2) is 80.1 Å². The lowest BCUT2D eigenvalue weighted by molar-refractivity contribution is -0.384. The largest absolute Gasteiger partial charge is 0.497 e. The van der Waals surface area contributed by atoms with Crippen molar-refractivity contribution < 1.29 is 23.6 Å². The van der Waals surface area contributed by atoms with Gasteiger partial charge in [0.1, 0.15) is 22.3 Å². The number of furan rings is 1. The van der Waals surface area contributed by atoms with Crippen LogP contribution in [0.2, 0.25) is 5.02 Å². The number of hydrogen-bond acceptors (Lipinski definition) is 9. The molecule has 0 amide bonds. The highest BCUT2D eigenvalue weighted by atomic mass is 35.5. The lowest BCUT2D eigenvalue weighted by Crippen LogP contribution is -2.39. The van der Waals surface area contributed by atoms with Crippen LogP contribution in [0, 0.1) is 10.1 Å². The van der Waals surface area contributed by atoms with Gasteiger partial charge in [0.05, 0.1) is 40.5 Å². The summed E-state index contributed by atoms with van der Waals surface area (Å²) in [6.45, 7) is 3.60. The van der Waals surface area contributed by atoms with Gasteiger partial charge in [0, 0.05) is 17.7 Å². The van der Waals surface area contributed by atoms with Crippen LogP contribution in [0.3, 0.4) is 0 Å². The lowest BCUT2D eigenvalue weighted by atomic mass is 9.96. The number of thiazole rings is 1. The molecule has 4 aromatic rings. The monoisotopic (exact) mass is 579 g/mol. The summed E-state index contributed by atoms with van der Waals surface area (Å²) in [5.74, 6) is 0.816. The molecule has 40 heavy (non-hydrogen) atoms. The number of methoxy groups -OCH3 is 1. The molecule has 0 unspecified atom stereocenters. The van der Waals surface area contributed by atoms with E-state index in [0.29, 0.717) is 43.4 Å². The molecule has 2 aromatic carbocycles. The quantitative estimate of drug-likeness (QED) is 0.177. The van der Waals surface area contributed by atoms with Crippen molar-refractivity contribution in [2.75, 3.05) is 13.7 Å². The van der Waals surface area contributed by atoms with E-state index in [9.17, 15) is 19.7 Å². The Bertz CT molecular complexity index is 1850. The summed E-state index contributed by atoms with van der Waals surface area (Å²) in [5, 5.41) is 11.3. The van der Waals surface area contributed by atoms with E-state index >= 15 is 0 Å². The number of nitro benzene ring substituents is 1. The maximum atomic E-state index is 13.7. The fourth-order valence-electron chi connectivity index (χ4n) is 4.41. The molecule has 204 valence electrons. The third kappa shape index (κ3) is 4.96. The summed E-state index contributed by atoms with van der Waals surface area (Å²) in [6.07, 6.45) is 1.58. The predicted octanol–water partition coefficient (Wildman–Crippen LogP) is 4.63. The van der Waals surface area contributed by atoms with Gasteiger partial charge >= 0.3 is 5.97 Å². The minimum Gasteiger partial charge on any atom is -0.497 e. The van der Waals surface area contributed by atoms with E-state index in [0.717, 1.165) is 11.3 Å². The molecule has 0 N–H and O–H groups in total. The van der Waals surface area contributed by atoms with Crippen LogP contribution in [-0.4, -0.2) is 29.2 Å². The third-order valence-electron chi connectivity index (χ3n) is 6.28. The number of nitrogens with zero attached hydrogens (tertiary/aromatic N) is 3. The smallest absolute Gasteiger partial charge is 0.338 e. The molecule has 1 aliphatic rings. The van der Waals surface area contributed by atoms with Crippen LogP contribution in [0.1, 0.15) is 31.2 Å². The van der Waals surface area contributed by atoms with Crippen LogP contribution in [0.5, 0.6) is 5.75 Å². The number of allylic oxidation sites excluding steroid dienone is 1. The van der Waals surface area contributed by atoms with Crippen molar-refractivity contribution in [2.24, 2.45) is 4.99 Å². The molecule has 10 nitrogen and oxygen atoms in total. The normalized spacial score (nSPS) is 15.0. The van der Waals surface area contributed by atoms with E-state index in [4.69, 9.17) is 25.5 Å². The SMILES string of the molecule is CCOC(=O)C1=C(C)N=c2s/c(=C\c3ccc(-c4ccc(Cl)c([N+](=O)[O-])c4)o3)c(=O)n2[C@@H]1c1ccc(OC)cc1. The van der Waals surface area contributed by atoms with Gasteiger partial charge in [-0.2, -0.15) is 0 Å². The first-order valence-corrected chi connectivity index (χ1v) is 13.3. The first kappa shape index (κ1) is 27.1. The zero-order valence-corrected chi connectivity index (χ0v) is 23.1. The second kappa shape index (κ2) is 10.9.